The Morgan fingerprint density at radius 2 is 2.00 bits per heavy atom. The van der Waals surface area contributed by atoms with Gasteiger partial charge in [-0.2, -0.15) is 0 Å². The molecule has 0 aliphatic carbocycles. The van der Waals surface area contributed by atoms with Gasteiger partial charge in [0.05, 0.1) is 17.1 Å². The van der Waals surface area contributed by atoms with E-state index in [0.717, 1.165) is 17.5 Å². The van der Waals surface area contributed by atoms with E-state index in [4.69, 9.17) is 5.73 Å². The van der Waals surface area contributed by atoms with Crippen molar-refractivity contribution in [2.45, 2.75) is 32.2 Å². The maximum Gasteiger partial charge on any atom is 0.241 e. The van der Waals surface area contributed by atoms with Gasteiger partial charge in [0, 0.05) is 12.1 Å². The summed E-state index contributed by atoms with van der Waals surface area (Å²) in [5.74, 6) is 0.222. The number of hydrogen-bond acceptors (Lipinski definition) is 3. The smallest absolute Gasteiger partial charge is 0.241 e. The zero-order valence-corrected chi connectivity index (χ0v) is 16.5. The molecule has 27 heavy (non-hydrogen) atoms. The number of nitrogens with one attached hydrogen (secondary N) is 2. The van der Waals surface area contributed by atoms with Gasteiger partial charge in [0.1, 0.15) is 11.6 Å². The number of hydrogen-bond donors (Lipinski definition) is 3. The molecule has 1 aromatic heterocycles. The Morgan fingerprint density at radius 1 is 1.26 bits per heavy atom. The predicted octanol–water partition coefficient (Wildman–Crippen LogP) is 4.20. The molecule has 3 aromatic rings. The molecule has 1 heterocycles. The number of rotatable bonds is 6. The summed E-state index contributed by atoms with van der Waals surface area (Å²) in [6.07, 6.45) is 1.88. The van der Waals surface area contributed by atoms with Gasteiger partial charge in [0.2, 0.25) is 5.91 Å². The highest BCUT2D eigenvalue weighted by Crippen LogP contribution is 2.19. The first-order valence-electron chi connectivity index (χ1n) is 8.35. The number of amides is 1. The van der Waals surface area contributed by atoms with Crippen molar-refractivity contribution in [2.75, 3.05) is 5.32 Å². The highest BCUT2D eigenvalue weighted by atomic mass is 35.5. The molecular formula is C19H23Cl2FN4O. The van der Waals surface area contributed by atoms with E-state index in [0.29, 0.717) is 29.9 Å². The first kappa shape index (κ1) is 22.9. The number of aromatic amines is 1. The Labute approximate surface area is 169 Å². The lowest BCUT2D eigenvalue weighted by Gasteiger charge is -2.10. The van der Waals surface area contributed by atoms with Crippen LogP contribution in [0.25, 0.3) is 11.0 Å². The van der Waals surface area contributed by atoms with Gasteiger partial charge in [0.15, 0.2) is 0 Å². The molecule has 8 heteroatoms. The molecule has 146 valence electrons. The van der Waals surface area contributed by atoms with Crippen LogP contribution in [0.4, 0.5) is 10.1 Å². The lowest BCUT2D eigenvalue weighted by Crippen LogP contribution is -2.35. The molecule has 3 rings (SSSR count). The summed E-state index contributed by atoms with van der Waals surface area (Å²) in [7, 11) is 0. The molecule has 0 radical (unpaired) electrons. The van der Waals surface area contributed by atoms with Crippen molar-refractivity contribution in [3.8, 4) is 0 Å². The number of anilines is 1. The van der Waals surface area contributed by atoms with Crippen LogP contribution in [0.15, 0.2) is 42.5 Å². The van der Waals surface area contributed by atoms with Crippen molar-refractivity contribution in [3.63, 3.8) is 0 Å². The average Bonchev–Trinajstić information content (AvgIpc) is 2.98. The van der Waals surface area contributed by atoms with E-state index in [1.807, 2.05) is 19.1 Å². The van der Waals surface area contributed by atoms with E-state index in [2.05, 4.69) is 15.3 Å². The van der Waals surface area contributed by atoms with Gasteiger partial charge in [0.25, 0.3) is 0 Å². The van der Waals surface area contributed by atoms with Crippen LogP contribution in [-0.2, 0) is 11.2 Å². The Kier molecular flexibility index (Phi) is 8.69. The summed E-state index contributed by atoms with van der Waals surface area (Å²) < 4.78 is 13.8. The van der Waals surface area contributed by atoms with Crippen LogP contribution >= 0.6 is 24.8 Å². The normalized spacial score (nSPS) is 11.4. The SMILES string of the molecule is CCCC(N)C(=O)Nc1ccc2nc(Cc3ccccc3F)[nH]c2c1.Cl.Cl. The molecular weight excluding hydrogens is 390 g/mol. The van der Waals surface area contributed by atoms with Gasteiger partial charge in [-0.1, -0.05) is 31.5 Å². The zero-order chi connectivity index (χ0) is 17.8. The second kappa shape index (κ2) is 10.3. The maximum absolute atomic E-state index is 13.8. The Bertz CT molecular complexity index is 900. The number of carbonyl (C=O) groups excluding carboxylic acids is 1. The van der Waals surface area contributed by atoms with E-state index in [1.54, 1.807) is 24.3 Å². The second-order valence-corrected chi connectivity index (χ2v) is 6.07. The number of H-pyrrole nitrogens is 1. The lowest BCUT2D eigenvalue weighted by molar-refractivity contribution is -0.117. The highest BCUT2D eigenvalue weighted by molar-refractivity contribution is 5.96. The molecule has 1 amide bonds. The average molecular weight is 413 g/mol. The molecule has 5 nitrogen and oxygen atoms in total. The number of benzene rings is 2. The van der Waals surface area contributed by atoms with Crippen LogP contribution < -0.4 is 11.1 Å². The van der Waals surface area contributed by atoms with Crippen LogP contribution in [0.2, 0.25) is 0 Å². The van der Waals surface area contributed by atoms with Gasteiger partial charge in [-0.25, -0.2) is 9.37 Å². The van der Waals surface area contributed by atoms with Crippen LogP contribution in [0, 0.1) is 5.82 Å². The number of aromatic nitrogens is 2. The fourth-order valence-corrected chi connectivity index (χ4v) is 2.72. The third-order valence-corrected chi connectivity index (χ3v) is 4.05. The van der Waals surface area contributed by atoms with Crippen LogP contribution in [0.5, 0.6) is 0 Å². The minimum absolute atomic E-state index is 0. The summed E-state index contributed by atoms with van der Waals surface area (Å²) in [6.45, 7) is 1.99. The van der Waals surface area contributed by atoms with Crippen molar-refractivity contribution in [3.05, 3.63) is 59.7 Å². The standard InChI is InChI=1S/C19H21FN4O.2ClH/c1-2-5-15(21)19(25)22-13-8-9-16-17(11-13)24-18(23-16)10-12-6-3-4-7-14(12)20;;/h3-4,6-9,11,15H,2,5,10,21H2,1H3,(H,22,25)(H,23,24);2*1H. The molecule has 2 aromatic carbocycles. The Hall–Kier alpha value is -2.15. The van der Waals surface area contributed by atoms with E-state index in [1.165, 1.54) is 6.07 Å². The number of nitrogens with zero attached hydrogens (tertiary/aromatic N) is 1. The lowest BCUT2D eigenvalue weighted by atomic mass is 10.1. The minimum atomic E-state index is -0.515. The van der Waals surface area contributed by atoms with Gasteiger partial charge in [-0.3, -0.25) is 4.79 Å². The Morgan fingerprint density at radius 3 is 2.70 bits per heavy atom. The fraction of sp³-hybridized carbons (Fsp3) is 0.263. The molecule has 4 N–H and O–H groups in total. The number of halogens is 3. The van der Waals surface area contributed by atoms with Crippen LogP contribution in [0.3, 0.4) is 0 Å². The summed E-state index contributed by atoms with van der Waals surface area (Å²) in [4.78, 5) is 19.7. The van der Waals surface area contributed by atoms with E-state index >= 15 is 0 Å². The molecule has 0 saturated heterocycles. The van der Waals surface area contributed by atoms with Gasteiger partial charge in [-0.15, -0.1) is 24.8 Å². The monoisotopic (exact) mass is 412 g/mol. The number of fused-ring (bicyclic) bond motifs is 1. The summed E-state index contributed by atoms with van der Waals surface area (Å²) in [5.41, 5.74) is 8.62. The van der Waals surface area contributed by atoms with E-state index in [-0.39, 0.29) is 36.5 Å². The van der Waals surface area contributed by atoms with Crippen molar-refractivity contribution in [1.82, 2.24) is 9.97 Å². The molecule has 1 atom stereocenters. The summed E-state index contributed by atoms with van der Waals surface area (Å²) in [5, 5.41) is 2.81. The minimum Gasteiger partial charge on any atom is -0.342 e. The van der Waals surface area contributed by atoms with Crippen molar-refractivity contribution in [2.24, 2.45) is 5.73 Å². The zero-order valence-electron chi connectivity index (χ0n) is 14.9. The van der Waals surface area contributed by atoms with Crippen molar-refractivity contribution in [1.29, 1.82) is 0 Å². The quantitative estimate of drug-likeness (QED) is 0.566. The maximum atomic E-state index is 13.8. The highest BCUT2D eigenvalue weighted by Gasteiger charge is 2.13. The van der Waals surface area contributed by atoms with Crippen LogP contribution in [-0.4, -0.2) is 21.9 Å². The molecule has 0 saturated carbocycles. The fourth-order valence-electron chi connectivity index (χ4n) is 2.72. The van der Waals surface area contributed by atoms with Gasteiger partial charge >= 0.3 is 0 Å². The van der Waals surface area contributed by atoms with Crippen molar-refractivity contribution < 1.29 is 9.18 Å². The number of imidazole rings is 1. The van der Waals surface area contributed by atoms with E-state index in [9.17, 15) is 9.18 Å². The molecule has 0 fully saturated rings. The number of carbonyl (C=O) groups is 1. The molecule has 0 bridgehead atoms. The van der Waals surface area contributed by atoms with Gasteiger partial charge < -0.3 is 16.0 Å². The molecule has 0 aliphatic rings. The summed E-state index contributed by atoms with van der Waals surface area (Å²) >= 11 is 0. The number of nitrogens with two attached hydrogens (primary N) is 1. The third-order valence-electron chi connectivity index (χ3n) is 4.05. The molecule has 0 aliphatic heterocycles. The largest absolute Gasteiger partial charge is 0.342 e. The Balaban J connectivity index is 0.00000182. The molecule has 0 spiro atoms. The third kappa shape index (κ3) is 5.66. The van der Waals surface area contributed by atoms with E-state index < -0.39 is 6.04 Å². The predicted molar refractivity (Wildman–Crippen MR) is 111 cm³/mol. The second-order valence-electron chi connectivity index (χ2n) is 6.07. The van der Waals surface area contributed by atoms with Crippen LogP contribution in [0.1, 0.15) is 31.2 Å². The molecule has 1 unspecified atom stereocenters. The summed E-state index contributed by atoms with van der Waals surface area (Å²) in [6, 6.07) is 11.5. The first-order valence-corrected chi connectivity index (χ1v) is 8.35. The van der Waals surface area contributed by atoms with Gasteiger partial charge in [-0.05, 0) is 36.2 Å². The topological polar surface area (TPSA) is 83.8 Å². The van der Waals surface area contributed by atoms with Crippen molar-refractivity contribution >= 4 is 47.4 Å². The first-order chi connectivity index (χ1) is 12.1.